The highest BCUT2D eigenvalue weighted by Gasteiger charge is 2.37. The summed E-state index contributed by atoms with van der Waals surface area (Å²) < 4.78 is 73.3. The van der Waals surface area contributed by atoms with Crippen molar-refractivity contribution < 1.29 is 26.7 Å². The third-order valence-corrected chi connectivity index (χ3v) is 7.94. The van der Waals surface area contributed by atoms with Crippen molar-refractivity contribution in [2.45, 2.75) is 83.2 Å². The molecule has 0 bridgehead atoms. The van der Waals surface area contributed by atoms with Crippen molar-refractivity contribution in [2.75, 3.05) is 0 Å². The molecule has 2 fully saturated rings. The van der Waals surface area contributed by atoms with Crippen LogP contribution < -0.4 is 4.74 Å². The lowest BCUT2D eigenvalue weighted by Gasteiger charge is -2.38. The van der Waals surface area contributed by atoms with Gasteiger partial charge in [-0.2, -0.15) is 8.78 Å². The maximum atomic E-state index is 14.4. The number of ether oxygens (including phenoxy) is 1. The highest BCUT2D eigenvalue weighted by atomic mass is 19.3. The van der Waals surface area contributed by atoms with Gasteiger partial charge in [-0.1, -0.05) is 44.7 Å². The Morgan fingerprint density at radius 1 is 0.794 bits per heavy atom. The first-order valence-electron chi connectivity index (χ1n) is 12.6. The molecule has 2 aliphatic carbocycles. The second kappa shape index (κ2) is 10.7. The molecule has 0 saturated heterocycles. The van der Waals surface area contributed by atoms with Gasteiger partial charge < -0.3 is 4.74 Å². The second-order valence-corrected chi connectivity index (χ2v) is 10.1. The van der Waals surface area contributed by atoms with E-state index in [1.807, 2.05) is 0 Å². The molecule has 186 valence electrons. The second-order valence-electron chi connectivity index (χ2n) is 10.1. The summed E-state index contributed by atoms with van der Waals surface area (Å²) in [5, 5.41) is 0. The van der Waals surface area contributed by atoms with Crippen LogP contribution in [0.15, 0.2) is 36.4 Å². The number of hydrogen-bond acceptors (Lipinski definition) is 1. The molecule has 0 amide bonds. The van der Waals surface area contributed by atoms with Crippen LogP contribution in [0.2, 0.25) is 0 Å². The molecule has 2 aromatic carbocycles. The van der Waals surface area contributed by atoms with Crippen LogP contribution in [0, 0.1) is 35.2 Å². The number of hydrogen-bond donors (Lipinski definition) is 0. The fourth-order valence-corrected chi connectivity index (χ4v) is 6.02. The highest BCUT2D eigenvalue weighted by Crippen LogP contribution is 2.45. The summed E-state index contributed by atoms with van der Waals surface area (Å²) in [7, 11) is 0. The zero-order valence-corrected chi connectivity index (χ0v) is 19.6. The van der Waals surface area contributed by atoms with Gasteiger partial charge in [-0.05, 0) is 92.0 Å². The Balaban J connectivity index is 1.31. The maximum absolute atomic E-state index is 14.4. The van der Waals surface area contributed by atoms with Gasteiger partial charge in [0.2, 0.25) is 0 Å². The molecule has 4 rings (SSSR count). The first-order chi connectivity index (χ1) is 16.3. The van der Waals surface area contributed by atoms with E-state index in [0.717, 1.165) is 36.2 Å². The topological polar surface area (TPSA) is 9.23 Å². The third-order valence-electron chi connectivity index (χ3n) is 7.94. The maximum Gasteiger partial charge on any atom is 0.426 e. The lowest BCUT2D eigenvalue weighted by atomic mass is 9.68. The molecule has 0 unspecified atom stereocenters. The molecule has 0 radical (unpaired) electrons. The number of rotatable bonds is 7. The molecule has 2 aromatic rings. The zero-order valence-electron chi connectivity index (χ0n) is 19.6. The lowest BCUT2D eigenvalue weighted by Crippen LogP contribution is -2.25. The van der Waals surface area contributed by atoms with E-state index in [9.17, 15) is 22.0 Å². The van der Waals surface area contributed by atoms with E-state index in [4.69, 9.17) is 4.74 Å². The van der Waals surface area contributed by atoms with Gasteiger partial charge in [0.05, 0.1) is 5.56 Å². The van der Waals surface area contributed by atoms with Crippen molar-refractivity contribution in [3.8, 4) is 5.75 Å². The van der Waals surface area contributed by atoms with E-state index in [0.29, 0.717) is 5.92 Å². The summed E-state index contributed by atoms with van der Waals surface area (Å²) in [6.45, 7) is 2.27. The van der Waals surface area contributed by atoms with Crippen LogP contribution >= 0.6 is 0 Å². The summed E-state index contributed by atoms with van der Waals surface area (Å²) in [5.41, 5.74) is 0.0228. The lowest BCUT2D eigenvalue weighted by molar-refractivity contribution is -0.185. The van der Waals surface area contributed by atoms with Crippen LogP contribution in [0.1, 0.15) is 88.2 Å². The summed E-state index contributed by atoms with van der Waals surface area (Å²) in [6.07, 6.45) is 8.76. The van der Waals surface area contributed by atoms with Crippen molar-refractivity contribution in [3.05, 3.63) is 65.0 Å². The fraction of sp³-hybridized carbons (Fsp3) is 0.571. The van der Waals surface area contributed by atoms with E-state index in [1.165, 1.54) is 63.5 Å². The minimum Gasteiger partial charge on any atom is -0.429 e. The average molecular weight is 481 g/mol. The normalized spacial score (nSPS) is 25.8. The van der Waals surface area contributed by atoms with Crippen molar-refractivity contribution >= 4 is 0 Å². The third kappa shape index (κ3) is 5.75. The summed E-state index contributed by atoms with van der Waals surface area (Å²) in [5.74, 6) is -2.28. The minimum absolute atomic E-state index is 0.114. The predicted octanol–water partition coefficient (Wildman–Crippen LogP) is 9.11. The first-order valence-corrected chi connectivity index (χ1v) is 12.6. The van der Waals surface area contributed by atoms with Crippen molar-refractivity contribution in [1.82, 2.24) is 0 Å². The van der Waals surface area contributed by atoms with Gasteiger partial charge in [0.25, 0.3) is 0 Å². The van der Waals surface area contributed by atoms with E-state index in [2.05, 4.69) is 6.92 Å². The first kappa shape index (κ1) is 25.0. The van der Waals surface area contributed by atoms with Crippen molar-refractivity contribution in [2.24, 2.45) is 17.8 Å². The van der Waals surface area contributed by atoms with E-state index < -0.39 is 29.1 Å². The SMILES string of the molecule is CCCC1CCC(C2CCC(c3ccc(OC(F)(F)c4cc(F)c(F)c(F)c4)cc3)CC2)CC1. The van der Waals surface area contributed by atoms with Gasteiger partial charge >= 0.3 is 6.11 Å². The zero-order chi connectivity index (χ0) is 24.3. The molecule has 34 heavy (non-hydrogen) atoms. The van der Waals surface area contributed by atoms with Crippen LogP contribution in [0.4, 0.5) is 22.0 Å². The van der Waals surface area contributed by atoms with E-state index in [1.54, 1.807) is 12.1 Å². The van der Waals surface area contributed by atoms with Crippen LogP contribution in [0.3, 0.4) is 0 Å². The molecule has 0 spiro atoms. The molecule has 1 nitrogen and oxygen atoms in total. The summed E-state index contributed by atoms with van der Waals surface area (Å²) in [4.78, 5) is 0. The highest BCUT2D eigenvalue weighted by molar-refractivity contribution is 5.31. The van der Waals surface area contributed by atoms with Crippen LogP contribution in [0.5, 0.6) is 5.75 Å². The Labute approximate surface area is 198 Å². The quantitative estimate of drug-likeness (QED) is 0.284. The fourth-order valence-electron chi connectivity index (χ4n) is 6.02. The van der Waals surface area contributed by atoms with E-state index in [-0.39, 0.29) is 17.9 Å². The number of halogens is 5. The van der Waals surface area contributed by atoms with Gasteiger partial charge in [0.15, 0.2) is 17.5 Å². The van der Waals surface area contributed by atoms with Crippen LogP contribution in [-0.2, 0) is 6.11 Å². The average Bonchev–Trinajstić information content (AvgIpc) is 2.83. The molecule has 0 aromatic heterocycles. The van der Waals surface area contributed by atoms with Gasteiger partial charge in [0, 0.05) is 0 Å². The molecular weight excluding hydrogens is 447 g/mol. The molecule has 0 atom stereocenters. The van der Waals surface area contributed by atoms with Crippen LogP contribution in [-0.4, -0.2) is 0 Å². The van der Waals surface area contributed by atoms with E-state index >= 15 is 0 Å². The Bertz CT molecular complexity index is 919. The minimum atomic E-state index is -3.99. The molecule has 2 saturated carbocycles. The molecule has 0 aliphatic heterocycles. The summed E-state index contributed by atoms with van der Waals surface area (Å²) >= 11 is 0. The standard InChI is InChI=1S/C28H33F5O/c1-2-3-18-4-6-19(7-5-18)20-8-10-21(11-9-20)22-12-14-24(15-13-22)34-28(32,33)23-16-25(29)27(31)26(30)17-23/h12-21H,2-11H2,1H3. The van der Waals surface area contributed by atoms with Gasteiger partial charge in [0.1, 0.15) is 5.75 Å². The molecule has 2 aliphatic rings. The molecule has 0 heterocycles. The predicted molar refractivity (Wildman–Crippen MR) is 122 cm³/mol. The Morgan fingerprint density at radius 3 is 1.85 bits per heavy atom. The molecule has 6 heteroatoms. The van der Waals surface area contributed by atoms with Gasteiger partial charge in [-0.25, -0.2) is 13.2 Å². The monoisotopic (exact) mass is 480 g/mol. The van der Waals surface area contributed by atoms with Gasteiger partial charge in [-0.3, -0.25) is 0 Å². The Hall–Kier alpha value is -2.11. The molecule has 0 N–H and O–H groups in total. The van der Waals surface area contributed by atoms with Crippen LogP contribution in [0.25, 0.3) is 0 Å². The summed E-state index contributed by atoms with van der Waals surface area (Å²) in [6, 6.07) is 7.00. The number of benzene rings is 2. The largest absolute Gasteiger partial charge is 0.429 e. The van der Waals surface area contributed by atoms with Gasteiger partial charge in [-0.15, -0.1) is 0 Å². The Morgan fingerprint density at radius 2 is 1.32 bits per heavy atom. The van der Waals surface area contributed by atoms with Crippen molar-refractivity contribution in [3.63, 3.8) is 0 Å². The number of alkyl halides is 2. The Kier molecular flexibility index (Phi) is 7.83. The smallest absolute Gasteiger partial charge is 0.426 e. The molecular formula is C28H33F5O. The van der Waals surface area contributed by atoms with Crippen molar-refractivity contribution in [1.29, 1.82) is 0 Å².